The van der Waals surface area contributed by atoms with E-state index in [0.717, 1.165) is 5.69 Å². The Labute approximate surface area is 130 Å². The third-order valence-electron chi connectivity index (χ3n) is 2.77. The summed E-state index contributed by atoms with van der Waals surface area (Å²) in [5.41, 5.74) is 1.88. The smallest absolute Gasteiger partial charge is 0.232 e. The van der Waals surface area contributed by atoms with Crippen molar-refractivity contribution in [2.24, 2.45) is 0 Å². The van der Waals surface area contributed by atoms with Gasteiger partial charge in [0.25, 0.3) is 0 Å². The van der Waals surface area contributed by atoms with Crippen LogP contribution in [0, 0.1) is 0 Å². The maximum Gasteiger partial charge on any atom is 0.232 e. The van der Waals surface area contributed by atoms with Gasteiger partial charge < -0.3 is 4.42 Å². The fourth-order valence-electron chi connectivity index (χ4n) is 1.89. The average molecular weight is 328 g/mol. The van der Waals surface area contributed by atoms with Crippen molar-refractivity contribution in [1.82, 2.24) is 9.78 Å². The molecule has 102 valence electrons. The lowest BCUT2D eigenvalue weighted by Gasteiger charge is -2.13. The Morgan fingerprint density at radius 3 is 2.35 bits per heavy atom. The highest BCUT2D eigenvalue weighted by Gasteiger charge is 2.30. The number of aromatic nitrogens is 2. The number of rotatable bonds is 2. The standard InChI is InChI=1S/C14H9Cl3N2O/c15-14(16,17)13-9-11(12-7-4-8-20-12)18-19(13)10-5-2-1-3-6-10/h1-9H. The molecule has 3 nitrogen and oxygen atoms in total. The van der Waals surface area contributed by atoms with Crippen LogP contribution in [0.15, 0.2) is 59.2 Å². The molecule has 0 aliphatic heterocycles. The summed E-state index contributed by atoms with van der Waals surface area (Å²) in [7, 11) is 0. The topological polar surface area (TPSA) is 31.0 Å². The average Bonchev–Trinajstić information content (AvgIpc) is 3.08. The van der Waals surface area contributed by atoms with Crippen LogP contribution >= 0.6 is 34.8 Å². The largest absolute Gasteiger partial charge is 0.463 e. The molecule has 20 heavy (non-hydrogen) atoms. The number of halogens is 3. The molecule has 2 heterocycles. The first-order chi connectivity index (χ1) is 9.55. The van der Waals surface area contributed by atoms with Crippen LogP contribution in [0.2, 0.25) is 0 Å². The second kappa shape index (κ2) is 5.17. The van der Waals surface area contributed by atoms with Crippen LogP contribution in [0.4, 0.5) is 0 Å². The molecule has 0 atom stereocenters. The first kappa shape index (κ1) is 13.6. The third kappa shape index (κ3) is 2.57. The van der Waals surface area contributed by atoms with Crippen molar-refractivity contribution in [2.75, 3.05) is 0 Å². The van der Waals surface area contributed by atoms with Gasteiger partial charge in [-0.3, -0.25) is 0 Å². The lowest BCUT2D eigenvalue weighted by atomic mass is 10.3. The van der Waals surface area contributed by atoms with Crippen molar-refractivity contribution in [1.29, 1.82) is 0 Å². The first-order valence-corrected chi connectivity index (χ1v) is 6.95. The number of para-hydroxylation sites is 1. The molecule has 0 spiro atoms. The lowest BCUT2D eigenvalue weighted by molar-refractivity contribution is 0.579. The van der Waals surface area contributed by atoms with Gasteiger partial charge in [0.2, 0.25) is 3.79 Å². The van der Waals surface area contributed by atoms with Gasteiger partial charge in [-0.05, 0) is 30.3 Å². The molecule has 6 heteroatoms. The van der Waals surface area contributed by atoms with Crippen molar-refractivity contribution >= 4 is 34.8 Å². The Morgan fingerprint density at radius 1 is 1.00 bits per heavy atom. The van der Waals surface area contributed by atoms with Gasteiger partial charge >= 0.3 is 0 Å². The van der Waals surface area contributed by atoms with Crippen LogP contribution in [0.3, 0.4) is 0 Å². The molecule has 0 fully saturated rings. The van der Waals surface area contributed by atoms with Crippen molar-refractivity contribution in [2.45, 2.75) is 3.79 Å². The molecule has 0 bridgehead atoms. The van der Waals surface area contributed by atoms with Gasteiger partial charge in [0.15, 0.2) is 5.76 Å². The molecule has 0 N–H and O–H groups in total. The van der Waals surface area contributed by atoms with Crippen LogP contribution in [-0.4, -0.2) is 9.78 Å². The maximum atomic E-state index is 6.03. The minimum absolute atomic E-state index is 0.458. The zero-order valence-corrected chi connectivity index (χ0v) is 12.4. The fraction of sp³-hybridized carbons (Fsp3) is 0.0714. The molecule has 3 aromatic rings. The van der Waals surface area contributed by atoms with E-state index in [9.17, 15) is 0 Å². The monoisotopic (exact) mass is 326 g/mol. The molecule has 0 saturated heterocycles. The van der Waals surface area contributed by atoms with Crippen molar-refractivity contribution in [3.05, 3.63) is 60.5 Å². The highest BCUT2D eigenvalue weighted by atomic mass is 35.6. The highest BCUT2D eigenvalue weighted by Crippen LogP contribution is 2.40. The predicted molar refractivity (Wildman–Crippen MR) is 80.5 cm³/mol. The van der Waals surface area contributed by atoms with E-state index in [0.29, 0.717) is 17.1 Å². The summed E-state index contributed by atoms with van der Waals surface area (Å²) in [6.07, 6.45) is 1.58. The number of alkyl halides is 3. The van der Waals surface area contributed by atoms with Gasteiger partial charge in [-0.2, -0.15) is 5.10 Å². The van der Waals surface area contributed by atoms with E-state index in [1.165, 1.54) is 0 Å². The number of furan rings is 1. The van der Waals surface area contributed by atoms with E-state index in [2.05, 4.69) is 5.10 Å². The molecule has 0 unspecified atom stereocenters. The number of hydrogen-bond donors (Lipinski definition) is 0. The Bertz CT molecular complexity index is 700. The summed E-state index contributed by atoms with van der Waals surface area (Å²) in [5.74, 6) is 0.621. The summed E-state index contributed by atoms with van der Waals surface area (Å²) < 4.78 is 5.36. The van der Waals surface area contributed by atoms with Crippen LogP contribution in [-0.2, 0) is 3.79 Å². The molecular weight excluding hydrogens is 319 g/mol. The Kier molecular flexibility index (Phi) is 3.50. The van der Waals surface area contributed by atoms with Gasteiger partial charge in [-0.15, -0.1) is 0 Å². The summed E-state index contributed by atoms with van der Waals surface area (Å²) >= 11 is 18.1. The highest BCUT2D eigenvalue weighted by molar-refractivity contribution is 6.66. The third-order valence-corrected chi connectivity index (χ3v) is 3.36. The Balaban J connectivity index is 2.18. The van der Waals surface area contributed by atoms with Crippen LogP contribution in [0.1, 0.15) is 5.69 Å². The van der Waals surface area contributed by atoms with Gasteiger partial charge in [-0.1, -0.05) is 53.0 Å². The SMILES string of the molecule is ClC(Cl)(Cl)c1cc(-c2ccco2)nn1-c1ccccc1. The van der Waals surface area contributed by atoms with Crippen molar-refractivity contribution in [3.63, 3.8) is 0 Å². The molecule has 0 amide bonds. The van der Waals surface area contributed by atoms with E-state index >= 15 is 0 Å². The lowest BCUT2D eigenvalue weighted by Crippen LogP contribution is -2.10. The normalized spacial score (nSPS) is 11.8. The molecule has 0 saturated carbocycles. The summed E-state index contributed by atoms with van der Waals surface area (Å²) in [6.45, 7) is 0. The van der Waals surface area contributed by atoms with E-state index in [-0.39, 0.29) is 0 Å². The summed E-state index contributed by atoms with van der Waals surface area (Å²) in [5, 5.41) is 4.46. The summed E-state index contributed by atoms with van der Waals surface area (Å²) in [4.78, 5) is 0. The molecule has 3 rings (SSSR count). The van der Waals surface area contributed by atoms with E-state index in [1.54, 1.807) is 29.1 Å². The van der Waals surface area contributed by atoms with Gasteiger partial charge in [0.05, 0.1) is 17.6 Å². The molecule has 0 radical (unpaired) electrons. The van der Waals surface area contributed by atoms with Crippen LogP contribution < -0.4 is 0 Å². The fourth-order valence-corrected chi connectivity index (χ4v) is 2.30. The molecule has 0 aliphatic carbocycles. The minimum Gasteiger partial charge on any atom is -0.463 e. The second-order valence-corrected chi connectivity index (χ2v) is 6.42. The molecule has 2 aromatic heterocycles. The zero-order chi connectivity index (χ0) is 14.2. The van der Waals surface area contributed by atoms with Gasteiger partial charge in [0.1, 0.15) is 5.69 Å². The van der Waals surface area contributed by atoms with Crippen molar-refractivity contribution < 1.29 is 4.42 Å². The molecular formula is C14H9Cl3N2O. The number of benzene rings is 1. The minimum atomic E-state index is -1.58. The second-order valence-electron chi connectivity index (χ2n) is 4.14. The van der Waals surface area contributed by atoms with Crippen LogP contribution in [0.25, 0.3) is 17.1 Å². The van der Waals surface area contributed by atoms with E-state index in [4.69, 9.17) is 39.2 Å². The maximum absolute atomic E-state index is 6.03. The van der Waals surface area contributed by atoms with Gasteiger partial charge in [0, 0.05) is 0 Å². The molecule has 1 aromatic carbocycles. The number of hydrogen-bond acceptors (Lipinski definition) is 2. The Morgan fingerprint density at radius 2 is 1.75 bits per heavy atom. The number of nitrogens with zero attached hydrogens (tertiary/aromatic N) is 2. The summed E-state index contributed by atoms with van der Waals surface area (Å²) in [6, 6.07) is 14.8. The molecule has 0 aliphatic rings. The van der Waals surface area contributed by atoms with E-state index < -0.39 is 3.79 Å². The quantitative estimate of drug-likeness (QED) is 0.623. The Hall–Kier alpha value is -1.42. The van der Waals surface area contributed by atoms with Crippen molar-refractivity contribution in [3.8, 4) is 17.1 Å². The first-order valence-electron chi connectivity index (χ1n) is 5.82. The van der Waals surface area contributed by atoms with Gasteiger partial charge in [-0.25, -0.2) is 4.68 Å². The predicted octanol–water partition coefficient (Wildman–Crippen LogP) is 4.96. The van der Waals surface area contributed by atoms with E-state index in [1.807, 2.05) is 30.3 Å². The van der Waals surface area contributed by atoms with Crippen LogP contribution in [0.5, 0.6) is 0 Å². The zero-order valence-electron chi connectivity index (χ0n) is 10.1.